The second-order valence-electron chi connectivity index (χ2n) is 9.73. The summed E-state index contributed by atoms with van der Waals surface area (Å²) in [7, 11) is 0. The fraction of sp³-hybridized carbons (Fsp3) is 0.481. The van der Waals surface area contributed by atoms with Crippen LogP contribution in [0.3, 0.4) is 0 Å². The van der Waals surface area contributed by atoms with Crippen molar-refractivity contribution in [2.24, 2.45) is 11.8 Å². The molecule has 0 spiro atoms. The molecular weight excluding hydrogens is 473 g/mol. The summed E-state index contributed by atoms with van der Waals surface area (Å²) in [5.74, 6) is -0.739. The van der Waals surface area contributed by atoms with E-state index < -0.39 is 17.7 Å². The number of nitrogens with one attached hydrogen (secondary N) is 1. The number of hydrogen-bond donors (Lipinski definition) is 2. The van der Waals surface area contributed by atoms with Crippen molar-refractivity contribution in [1.82, 2.24) is 5.32 Å². The standard InChI is InChI=1S/C27H31F3N2O4/c1-17-5-10-22(26(34)35)24(15-17)36-16-19-3-2-4-23(19)31-25(33)18-11-13-32(14-12-18)21-8-6-20(7-9-21)27(28,29)30/h5-10,15,18-19,23H,2-4,11-14,16H2,1H3,(H,31,33)(H,34,35)/t19-,23-/m0/s1. The summed E-state index contributed by atoms with van der Waals surface area (Å²) < 4.78 is 44.3. The van der Waals surface area contributed by atoms with Gasteiger partial charge in [0.25, 0.3) is 0 Å². The number of ether oxygens (including phenoxy) is 1. The number of carboxylic acids is 1. The number of aryl methyl sites for hydroxylation is 1. The van der Waals surface area contributed by atoms with E-state index in [0.29, 0.717) is 38.3 Å². The van der Waals surface area contributed by atoms with Crippen LogP contribution in [-0.2, 0) is 11.0 Å². The first-order valence-corrected chi connectivity index (χ1v) is 12.3. The summed E-state index contributed by atoms with van der Waals surface area (Å²) in [5, 5.41) is 12.6. The quantitative estimate of drug-likeness (QED) is 0.536. The van der Waals surface area contributed by atoms with Gasteiger partial charge in [0.2, 0.25) is 5.91 Å². The average molecular weight is 505 g/mol. The summed E-state index contributed by atoms with van der Waals surface area (Å²) in [6, 6.07) is 10.1. The molecule has 2 aromatic carbocycles. The monoisotopic (exact) mass is 504 g/mol. The molecule has 0 unspecified atom stereocenters. The number of amides is 1. The van der Waals surface area contributed by atoms with Crippen LogP contribution in [0.5, 0.6) is 5.75 Å². The van der Waals surface area contributed by atoms with Crippen LogP contribution in [0.15, 0.2) is 42.5 Å². The third-order valence-electron chi connectivity index (χ3n) is 7.23. The first-order chi connectivity index (χ1) is 17.1. The Bertz CT molecular complexity index is 1080. The maximum absolute atomic E-state index is 13.0. The third kappa shape index (κ3) is 6.12. The van der Waals surface area contributed by atoms with E-state index in [4.69, 9.17) is 4.74 Å². The number of carboxylic acid groups (broad SMARTS) is 1. The van der Waals surface area contributed by atoms with Crippen molar-refractivity contribution >= 4 is 17.6 Å². The molecule has 1 aliphatic carbocycles. The van der Waals surface area contributed by atoms with E-state index >= 15 is 0 Å². The molecule has 9 heteroatoms. The zero-order chi connectivity index (χ0) is 25.9. The van der Waals surface area contributed by atoms with E-state index in [-0.39, 0.29) is 29.3 Å². The van der Waals surface area contributed by atoms with Crippen LogP contribution in [0, 0.1) is 18.8 Å². The molecule has 6 nitrogen and oxygen atoms in total. The molecule has 0 bridgehead atoms. The Morgan fingerprint density at radius 2 is 1.75 bits per heavy atom. The molecule has 2 fully saturated rings. The number of carbonyl (C=O) groups is 2. The van der Waals surface area contributed by atoms with Crippen molar-refractivity contribution in [3.8, 4) is 5.75 Å². The predicted octanol–water partition coefficient (Wildman–Crippen LogP) is 5.29. The number of rotatable bonds is 7. The van der Waals surface area contributed by atoms with Crippen LogP contribution in [0.2, 0.25) is 0 Å². The van der Waals surface area contributed by atoms with Crippen LogP contribution in [-0.4, -0.2) is 42.7 Å². The van der Waals surface area contributed by atoms with Gasteiger partial charge >= 0.3 is 12.1 Å². The number of alkyl halides is 3. The van der Waals surface area contributed by atoms with Crippen LogP contribution < -0.4 is 15.0 Å². The minimum absolute atomic E-state index is 0.000694. The number of hydrogen-bond acceptors (Lipinski definition) is 4. The van der Waals surface area contributed by atoms with Gasteiger partial charge in [-0.3, -0.25) is 4.79 Å². The van der Waals surface area contributed by atoms with Crippen LogP contribution in [0.1, 0.15) is 53.6 Å². The van der Waals surface area contributed by atoms with Gasteiger partial charge in [0, 0.05) is 36.7 Å². The average Bonchev–Trinajstić information content (AvgIpc) is 3.29. The number of carbonyl (C=O) groups excluding carboxylic acids is 1. The number of benzene rings is 2. The van der Waals surface area contributed by atoms with Crippen molar-refractivity contribution in [2.75, 3.05) is 24.6 Å². The van der Waals surface area contributed by atoms with Gasteiger partial charge in [-0.25, -0.2) is 4.79 Å². The van der Waals surface area contributed by atoms with Gasteiger partial charge in [0.05, 0.1) is 12.2 Å². The van der Waals surface area contributed by atoms with Gasteiger partial charge < -0.3 is 20.1 Å². The largest absolute Gasteiger partial charge is 0.492 e. The third-order valence-corrected chi connectivity index (χ3v) is 7.23. The van der Waals surface area contributed by atoms with E-state index in [1.165, 1.54) is 18.2 Å². The van der Waals surface area contributed by atoms with Gasteiger partial charge in [-0.15, -0.1) is 0 Å². The molecule has 194 valence electrons. The van der Waals surface area contributed by atoms with E-state index in [0.717, 1.165) is 42.6 Å². The zero-order valence-electron chi connectivity index (χ0n) is 20.2. The zero-order valence-corrected chi connectivity index (χ0v) is 20.2. The lowest BCUT2D eigenvalue weighted by Crippen LogP contribution is -2.45. The molecule has 1 aliphatic heterocycles. The highest BCUT2D eigenvalue weighted by Crippen LogP contribution is 2.32. The lowest BCUT2D eigenvalue weighted by atomic mass is 9.94. The normalized spacial score (nSPS) is 20.8. The molecule has 1 saturated carbocycles. The molecule has 36 heavy (non-hydrogen) atoms. The Morgan fingerprint density at radius 1 is 1.06 bits per heavy atom. The van der Waals surface area contributed by atoms with Crippen molar-refractivity contribution in [2.45, 2.75) is 51.2 Å². The Balaban J connectivity index is 1.28. The number of piperidine rings is 1. The summed E-state index contributed by atoms with van der Waals surface area (Å²) in [4.78, 5) is 26.5. The summed E-state index contributed by atoms with van der Waals surface area (Å²) in [5.41, 5.74) is 1.09. The first-order valence-electron chi connectivity index (χ1n) is 12.3. The van der Waals surface area contributed by atoms with E-state index in [1.54, 1.807) is 12.1 Å². The minimum atomic E-state index is -4.36. The van der Waals surface area contributed by atoms with Gasteiger partial charge in [-0.2, -0.15) is 13.2 Å². The Kier molecular flexibility index (Phi) is 7.76. The SMILES string of the molecule is Cc1ccc(C(=O)O)c(OC[C@@H]2CCC[C@@H]2NC(=O)C2CCN(c3ccc(C(F)(F)F)cc3)CC2)c1. The van der Waals surface area contributed by atoms with E-state index in [2.05, 4.69) is 5.32 Å². The van der Waals surface area contributed by atoms with E-state index in [9.17, 15) is 27.9 Å². The predicted molar refractivity (Wildman–Crippen MR) is 129 cm³/mol. The second-order valence-corrected chi connectivity index (χ2v) is 9.73. The molecule has 2 atom stereocenters. The minimum Gasteiger partial charge on any atom is -0.492 e. The molecule has 1 saturated heterocycles. The van der Waals surface area contributed by atoms with Crippen LogP contribution >= 0.6 is 0 Å². The highest BCUT2D eigenvalue weighted by molar-refractivity contribution is 5.91. The molecular formula is C27H31F3N2O4. The summed E-state index contributed by atoms with van der Waals surface area (Å²) in [6.45, 7) is 3.42. The molecule has 2 aromatic rings. The van der Waals surface area contributed by atoms with Crippen molar-refractivity contribution in [3.05, 3.63) is 59.2 Å². The summed E-state index contributed by atoms with van der Waals surface area (Å²) in [6.07, 6.45) is -0.385. The van der Waals surface area contributed by atoms with Gasteiger partial charge in [0.15, 0.2) is 0 Å². The summed E-state index contributed by atoms with van der Waals surface area (Å²) >= 11 is 0. The van der Waals surface area contributed by atoms with Gasteiger partial charge in [0.1, 0.15) is 11.3 Å². The fourth-order valence-corrected chi connectivity index (χ4v) is 5.11. The van der Waals surface area contributed by atoms with Crippen molar-refractivity contribution in [1.29, 1.82) is 0 Å². The van der Waals surface area contributed by atoms with Crippen LogP contribution in [0.25, 0.3) is 0 Å². The number of nitrogens with zero attached hydrogens (tertiary/aromatic N) is 1. The first kappa shape index (κ1) is 25.9. The Hall–Kier alpha value is -3.23. The molecule has 1 heterocycles. The van der Waals surface area contributed by atoms with Crippen molar-refractivity contribution in [3.63, 3.8) is 0 Å². The molecule has 1 amide bonds. The Morgan fingerprint density at radius 3 is 2.39 bits per heavy atom. The highest BCUT2D eigenvalue weighted by Gasteiger charge is 2.33. The topological polar surface area (TPSA) is 78.9 Å². The lowest BCUT2D eigenvalue weighted by Gasteiger charge is -2.34. The maximum Gasteiger partial charge on any atom is 0.416 e. The maximum atomic E-state index is 13.0. The van der Waals surface area contributed by atoms with E-state index in [1.807, 2.05) is 11.8 Å². The molecule has 2 N–H and O–H groups in total. The second kappa shape index (κ2) is 10.8. The molecule has 4 rings (SSSR count). The lowest BCUT2D eigenvalue weighted by molar-refractivity contribution is -0.137. The molecule has 2 aliphatic rings. The Labute approximate surface area is 208 Å². The van der Waals surface area contributed by atoms with Gasteiger partial charge in [-0.1, -0.05) is 12.5 Å². The molecule has 0 radical (unpaired) electrons. The smallest absolute Gasteiger partial charge is 0.416 e. The van der Waals surface area contributed by atoms with Crippen molar-refractivity contribution < 1.29 is 32.6 Å². The van der Waals surface area contributed by atoms with Gasteiger partial charge in [-0.05, 0) is 74.6 Å². The van der Waals surface area contributed by atoms with Crippen LogP contribution in [0.4, 0.5) is 18.9 Å². The molecule has 0 aromatic heterocycles. The number of aromatic carboxylic acids is 1. The highest BCUT2D eigenvalue weighted by atomic mass is 19.4. The number of halogens is 3. The number of anilines is 1. The fourth-order valence-electron chi connectivity index (χ4n) is 5.11.